The van der Waals surface area contributed by atoms with Crippen molar-refractivity contribution in [1.29, 1.82) is 0 Å². The van der Waals surface area contributed by atoms with Crippen LogP contribution in [0, 0.1) is 6.92 Å². The molecular weight excluding hydrogens is 418 g/mol. The molecule has 2 aromatic carbocycles. The van der Waals surface area contributed by atoms with Gasteiger partial charge in [-0.05, 0) is 45.4 Å². The second-order valence-corrected chi connectivity index (χ2v) is 8.64. The molecule has 2 unspecified atom stereocenters. The number of amides is 1. The number of carbonyl (C=O) groups excluding carboxylic acids is 1. The molecule has 1 aliphatic rings. The fourth-order valence-corrected chi connectivity index (χ4v) is 4.66. The van der Waals surface area contributed by atoms with E-state index in [1.807, 2.05) is 62.9 Å². The zero-order chi connectivity index (χ0) is 23.7. The summed E-state index contributed by atoms with van der Waals surface area (Å²) in [4.78, 5) is 14.9. The summed E-state index contributed by atoms with van der Waals surface area (Å²) in [6.07, 6.45) is 3.48. The minimum Gasteiger partial charge on any atom is -0.496 e. The summed E-state index contributed by atoms with van der Waals surface area (Å²) in [6, 6.07) is 9.89. The van der Waals surface area contributed by atoms with E-state index in [2.05, 4.69) is 0 Å². The molecule has 2 atom stereocenters. The van der Waals surface area contributed by atoms with Crippen LogP contribution in [0.1, 0.15) is 31.9 Å². The van der Waals surface area contributed by atoms with Gasteiger partial charge in [-0.2, -0.15) is 0 Å². The van der Waals surface area contributed by atoms with Gasteiger partial charge in [-0.3, -0.25) is 4.79 Å². The number of furan rings is 1. The van der Waals surface area contributed by atoms with Crippen molar-refractivity contribution in [3.63, 3.8) is 0 Å². The standard InChI is InChI=1S/C27H31NO5/c1-16(11-25(29)28-13-17(2)33-18(3)14-28)21-12-22-23(20-9-7-8-10-24(20)30-5)15-32-27(22)19(4)26(21)31-6/h7-12,15,17-18H,13-14H2,1-6H3/b16-11+. The average Bonchev–Trinajstić information content (AvgIpc) is 3.22. The van der Waals surface area contributed by atoms with Crippen molar-refractivity contribution in [3.05, 3.63) is 53.8 Å². The Morgan fingerprint density at radius 2 is 1.79 bits per heavy atom. The third-order valence-corrected chi connectivity index (χ3v) is 6.14. The molecule has 4 rings (SSSR count). The van der Waals surface area contributed by atoms with Crippen LogP contribution in [-0.2, 0) is 9.53 Å². The molecule has 174 valence electrons. The molecule has 6 heteroatoms. The van der Waals surface area contributed by atoms with Crippen LogP contribution in [-0.4, -0.2) is 50.3 Å². The van der Waals surface area contributed by atoms with Crippen LogP contribution in [0.4, 0.5) is 0 Å². The van der Waals surface area contributed by atoms with Gasteiger partial charge in [0, 0.05) is 46.8 Å². The highest BCUT2D eigenvalue weighted by Crippen LogP contribution is 2.42. The third-order valence-electron chi connectivity index (χ3n) is 6.14. The lowest BCUT2D eigenvalue weighted by Gasteiger charge is -2.34. The maximum Gasteiger partial charge on any atom is 0.247 e. The van der Waals surface area contributed by atoms with Crippen molar-refractivity contribution in [3.8, 4) is 22.6 Å². The molecule has 0 N–H and O–H groups in total. The molecule has 0 radical (unpaired) electrons. The Labute approximate surface area is 194 Å². The first-order chi connectivity index (χ1) is 15.8. The van der Waals surface area contributed by atoms with Gasteiger partial charge in [-0.1, -0.05) is 18.2 Å². The normalized spacial score (nSPS) is 19.1. The molecule has 3 aromatic rings. The Kier molecular flexibility index (Phi) is 6.47. The Hall–Kier alpha value is -3.25. The minimum atomic E-state index is -0.0218. The summed E-state index contributed by atoms with van der Waals surface area (Å²) in [6.45, 7) is 9.07. The summed E-state index contributed by atoms with van der Waals surface area (Å²) in [5.41, 5.74) is 5.22. The number of morpholine rings is 1. The second kappa shape index (κ2) is 9.32. The van der Waals surface area contributed by atoms with Gasteiger partial charge >= 0.3 is 0 Å². The maximum atomic E-state index is 13.1. The number of aryl methyl sites for hydroxylation is 1. The molecular formula is C27H31NO5. The predicted octanol–water partition coefficient (Wildman–Crippen LogP) is 5.46. The molecule has 0 bridgehead atoms. The Balaban J connectivity index is 1.80. The van der Waals surface area contributed by atoms with E-state index in [9.17, 15) is 4.79 Å². The van der Waals surface area contributed by atoms with Gasteiger partial charge < -0.3 is 23.5 Å². The van der Waals surface area contributed by atoms with E-state index in [4.69, 9.17) is 18.6 Å². The predicted molar refractivity (Wildman–Crippen MR) is 130 cm³/mol. The monoisotopic (exact) mass is 449 g/mol. The number of benzene rings is 2. The second-order valence-electron chi connectivity index (χ2n) is 8.64. The van der Waals surface area contributed by atoms with E-state index in [1.54, 1.807) is 26.6 Å². The molecule has 33 heavy (non-hydrogen) atoms. The topological polar surface area (TPSA) is 61.1 Å². The fraction of sp³-hybridized carbons (Fsp3) is 0.370. The number of allylic oxidation sites excluding steroid dienone is 1. The van der Waals surface area contributed by atoms with Crippen LogP contribution >= 0.6 is 0 Å². The Morgan fingerprint density at radius 1 is 1.09 bits per heavy atom. The fourth-order valence-electron chi connectivity index (χ4n) is 4.66. The van der Waals surface area contributed by atoms with Gasteiger partial charge in [0.1, 0.15) is 17.1 Å². The highest BCUT2D eigenvalue weighted by atomic mass is 16.5. The first-order valence-electron chi connectivity index (χ1n) is 11.2. The van der Waals surface area contributed by atoms with Crippen LogP contribution < -0.4 is 9.47 Å². The van der Waals surface area contributed by atoms with Crippen molar-refractivity contribution in [2.24, 2.45) is 0 Å². The highest BCUT2D eigenvalue weighted by Gasteiger charge is 2.26. The summed E-state index contributed by atoms with van der Waals surface area (Å²) in [5, 5.41) is 0.946. The Bertz CT molecular complexity index is 1200. The summed E-state index contributed by atoms with van der Waals surface area (Å²) >= 11 is 0. The van der Waals surface area contributed by atoms with E-state index >= 15 is 0 Å². The molecule has 1 amide bonds. The molecule has 6 nitrogen and oxygen atoms in total. The number of para-hydroxylation sites is 1. The smallest absolute Gasteiger partial charge is 0.247 e. The molecule has 0 spiro atoms. The lowest BCUT2D eigenvalue weighted by atomic mass is 9.96. The molecule has 0 saturated carbocycles. The lowest BCUT2D eigenvalue weighted by molar-refractivity contribution is -0.137. The lowest BCUT2D eigenvalue weighted by Crippen LogP contribution is -2.47. The third kappa shape index (κ3) is 4.35. The number of fused-ring (bicyclic) bond motifs is 1. The maximum absolute atomic E-state index is 13.1. The summed E-state index contributed by atoms with van der Waals surface area (Å²) < 4.78 is 23.1. The van der Waals surface area contributed by atoms with Gasteiger partial charge in [0.25, 0.3) is 0 Å². The number of carbonyl (C=O) groups is 1. The zero-order valence-electron chi connectivity index (χ0n) is 20.1. The molecule has 1 saturated heterocycles. The van der Waals surface area contributed by atoms with Crippen molar-refractivity contribution in [1.82, 2.24) is 4.90 Å². The summed E-state index contributed by atoms with van der Waals surface area (Å²) in [5.74, 6) is 1.45. The van der Waals surface area contributed by atoms with Crippen LogP contribution in [0.3, 0.4) is 0 Å². The number of methoxy groups -OCH3 is 2. The zero-order valence-corrected chi connectivity index (χ0v) is 20.1. The van der Waals surface area contributed by atoms with Crippen molar-refractivity contribution < 1.29 is 23.4 Å². The van der Waals surface area contributed by atoms with Crippen LogP contribution in [0.15, 0.2) is 47.1 Å². The van der Waals surface area contributed by atoms with Crippen LogP contribution in [0.25, 0.3) is 27.7 Å². The number of hydrogen-bond donors (Lipinski definition) is 0. The SMILES string of the molecule is COc1ccccc1-c1coc2c(C)c(OC)c(/C(C)=C/C(=O)N3CC(C)OC(C)C3)cc12. The van der Waals surface area contributed by atoms with E-state index < -0.39 is 0 Å². The van der Waals surface area contributed by atoms with Crippen molar-refractivity contribution in [2.75, 3.05) is 27.3 Å². The quantitative estimate of drug-likeness (QED) is 0.484. The van der Waals surface area contributed by atoms with Gasteiger partial charge in [0.05, 0.1) is 32.7 Å². The number of rotatable bonds is 5. The Morgan fingerprint density at radius 3 is 2.45 bits per heavy atom. The average molecular weight is 450 g/mol. The van der Waals surface area contributed by atoms with Crippen molar-refractivity contribution in [2.45, 2.75) is 39.9 Å². The number of nitrogens with zero attached hydrogens (tertiary/aromatic N) is 1. The van der Waals surface area contributed by atoms with Gasteiger partial charge in [0.2, 0.25) is 5.91 Å². The van der Waals surface area contributed by atoms with Gasteiger partial charge in [-0.15, -0.1) is 0 Å². The van der Waals surface area contributed by atoms with Crippen LogP contribution in [0.2, 0.25) is 0 Å². The van der Waals surface area contributed by atoms with Gasteiger partial charge in [0.15, 0.2) is 0 Å². The van der Waals surface area contributed by atoms with Gasteiger partial charge in [-0.25, -0.2) is 0 Å². The van der Waals surface area contributed by atoms with Crippen molar-refractivity contribution >= 4 is 22.4 Å². The van der Waals surface area contributed by atoms with Crippen LogP contribution in [0.5, 0.6) is 11.5 Å². The number of ether oxygens (including phenoxy) is 3. The largest absolute Gasteiger partial charge is 0.496 e. The number of hydrogen-bond acceptors (Lipinski definition) is 5. The van der Waals surface area contributed by atoms with E-state index in [0.29, 0.717) is 18.8 Å². The molecule has 1 aliphatic heterocycles. The summed E-state index contributed by atoms with van der Waals surface area (Å²) in [7, 11) is 3.30. The minimum absolute atomic E-state index is 0.0218. The molecule has 1 aromatic heterocycles. The molecule has 2 heterocycles. The highest BCUT2D eigenvalue weighted by molar-refractivity contribution is 6.02. The van der Waals surface area contributed by atoms with E-state index in [-0.39, 0.29) is 18.1 Å². The first-order valence-corrected chi connectivity index (χ1v) is 11.2. The molecule has 0 aliphatic carbocycles. The van der Waals surface area contributed by atoms with E-state index in [0.717, 1.165) is 44.5 Å². The van der Waals surface area contributed by atoms with E-state index in [1.165, 1.54) is 0 Å². The molecule has 1 fully saturated rings. The first kappa shape index (κ1) is 22.9.